The van der Waals surface area contributed by atoms with Crippen LogP contribution in [0.4, 0.5) is 5.69 Å². The summed E-state index contributed by atoms with van der Waals surface area (Å²) in [4.78, 5) is 41.7. The number of fused-ring (bicyclic) bond motifs is 1. The maximum atomic E-state index is 13.2. The number of ether oxygens (including phenoxy) is 1. The molecule has 2 aromatic heterocycles. The van der Waals surface area contributed by atoms with Crippen molar-refractivity contribution in [3.8, 4) is 5.69 Å². The Bertz CT molecular complexity index is 1940. The summed E-state index contributed by atoms with van der Waals surface area (Å²) < 4.78 is 36.6. The molecular weight excluding hydrogens is 558 g/mol. The molecule has 0 fully saturated rings. The van der Waals surface area contributed by atoms with E-state index in [1.807, 2.05) is 30.3 Å². The highest BCUT2D eigenvalue weighted by molar-refractivity contribution is 7.92. The molecule has 11 nitrogen and oxygen atoms in total. The number of carbonyl (C=O) groups is 2. The van der Waals surface area contributed by atoms with Gasteiger partial charge in [-0.05, 0) is 55.0 Å². The first-order valence-corrected chi connectivity index (χ1v) is 14.5. The van der Waals surface area contributed by atoms with E-state index < -0.39 is 33.5 Å². The average molecular weight is 588 g/mol. The molecule has 0 radical (unpaired) electrons. The lowest BCUT2D eigenvalue weighted by Gasteiger charge is -2.16. The molecular formula is C30H29N5O6S. The van der Waals surface area contributed by atoms with Gasteiger partial charge in [-0.25, -0.2) is 17.9 Å². The van der Waals surface area contributed by atoms with E-state index in [0.717, 1.165) is 16.5 Å². The molecule has 0 spiro atoms. The van der Waals surface area contributed by atoms with Crippen molar-refractivity contribution in [1.29, 1.82) is 0 Å². The van der Waals surface area contributed by atoms with Crippen molar-refractivity contribution in [3.05, 3.63) is 112 Å². The number of hydrogen-bond donors (Lipinski definition) is 3. The average Bonchev–Trinajstić information content (AvgIpc) is 3.50. The number of carbonyl (C=O) groups excluding carboxylic acids is 2. The first kappa shape index (κ1) is 28.4. The Labute approximate surface area is 241 Å². The third-order valence-corrected chi connectivity index (χ3v) is 8.47. The lowest BCUT2D eigenvalue weighted by Crippen LogP contribution is -2.43. The van der Waals surface area contributed by atoms with Gasteiger partial charge in [0.25, 0.3) is 21.5 Å². The molecule has 1 atom stereocenters. The van der Waals surface area contributed by atoms with Gasteiger partial charge in [0.1, 0.15) is 11.7 Å². The normalized spacial score (nSPS) is 12.2. The Morgan fingerprint density at radius 1 is 0.976 bits per heavy atom. The van der Waals surface area contributed by atoms with Crippen molar-refractivity contribution in [1.82, 2.24) is 19.7 Å². The standard InChI is InChI=1S/C30H29N5O6S/c1-19-27(29(37)35(34(19)2)22-9-5-4-6-10-22)33-42(39,40)23-15-13-20(14-16-23)28(36)32-26(30(38)41-3)17-21-18-31-25-12-8-7-11-24(21)25/h4-16,18,26,31,33H,17H2,1-3H3,(H,32,36)/t26-/m0/s1. The van der Waals surface area contributed by atoms with Crippen LogP contribution in [0.3, 0.4) is 0 Å². The maximum absolute atomic E-state index is 13.2. The minimum Gasteiger partial charge on any atom is -0.467 e. The highest BCUT2D eigenvalue weighted by Crippen LogP contribution is 2.21. The SMILES string of the molecule is COC(=O)[C@H](Cc1c[nH]c2ccccc12)NC(=O)c1ccc(S(=O)(=O)Nc2c(C)n(C)n(-c3ccccc3)c2=O)cc1. The summed E-state index contributed by atoms with van der Waals surface area (Å²) in [5, 5.41) is 3.61. The fraction of sp³-hybridized carbons (Fsp3) is 0.167. The van der Waals surface area contributed by atoms with Gasteiger partial charge in [0.05, 0.1) is 23.4 Å². The molecule has 1 amide bonds. The van der Waals surface area contributed by atoms with Gasteiger partial charge < -0.3 is 15.0 Å². The van der Waals surface area contributed by atoms with Gasteiger partial charge in [-0.3, -0.25) is 19.0 Å². The summed E-state index contributed by atoms with van der Waals surface area (Å²) >= 11 is 0. The third kappa shape index (κ3) is 5.44. The van der Waals surface area contributed by atoms with Crippen LogP contribution in [0.2, 0.25) is 0 Å². The summed E-state index contributed by atoms with van der Waals surface area (Å²) in [6, 6.07) is 20.7. The topological polar surface area (TPSA) is 144 Å². The first-order chi connectivity index (χ1) is 20.1. The van der Waals surface area contributed by atoms with E-state index in [0.29, 0.717) is 11.4 Å². The molecule has 42 heavy (non-hydrogen) atoms. The zero-order chi connectivity index (χ0) is 30.0. The van der Waals surface area contributed by atoms with Crippen molar-refractivity contribution < 1.29 is 22.7 Å². The molecule has 0 saturated carbocycles. The molecule has 12 heteroatoms. The number of para-hydroxylation sites is 2. The number of esters is 1. The number of aromatic amines is 1. The summed E-state index contributed by atoms with van der Waals surface area (Å²) in [5.41, 5.74) is 2.28. The largest absolute Gasteiger partial charge is 0.467 e. The van der Waals surface area contributed by atoms with E-state index in [1.54, 1.807) is 49.1 Å². The van der Waals surface area contributed by atoms with Gasteiger partial charge in [0.15, 0.2) is 0 Å². The second-order valence-electron chi connectivity index (χ2n) is 9.68. The van der Waals surface area contributed by atoms with Gasteiger partial charge in [-0.2, -0.15) is 0 Å². The van der Waals surface area contributed by atoms with Gasteiger partial charge in [0, 0.05) is 36.1 Å². The smallest absolute Gasteiger partial charge is 0.328 e. The highest BCUT2D eigenvalue weighted by Gasteiger charge is 2.25. The zero-order valence-electron chi connectivity index (χ0n) is 23.1. The van der Waals surface area contributed by atoms with Gasteiger partial charge >= 0.3 is 5.97 Å². The van der Waals surface area contributed by atoms with E-state index in [9.17, 15) is 22.8 Å². The Kier molecular flexibility index (Phi) is 7.72. The molecule has 0 aliphatic rings. The number of methoxy groups -OCH3 is 1. The van der Waals surface area contributed by atoms with Gasteiger partial charge in [-0.1, -0.05) is 36.4 Å². The molecule has 3 N–H and O–H groups in total. The third-order valence-electron chi connectivity index (χ3n) is 7.11. The summed E-state index contributed by atoms with van der Waals surface area (Å²) in [6.45, 7) is 1.64. The lowest BCUT2D eigenvalue weighted by molar-refractivity contribution is -0.142. The molecule has 2 heterocycles. The number of aromatic nitrogens is 3. The number of amides is 1. The monoisotopic (exact) mass is 587 g/mol. The number of benzene rings is 3. The number of nitrogens with zero attached hydrogens (tertiary/aromatic N) is 2. The summed E-state index contributed by atoms with van der Waals surface area (Å²) in [7, 11) is -1.26. The highest BCUT2D eigenvalue weighted by atomic mass is 32.2. The van der Waals surface area contributed by atoms with Crippen LogP contribution in [0, 0.1) is 6.92 Å². The Morgan fingerprint density at radius 3 is 2.33 bits per heavy atom. The van der Waals surface area contributed by atoms with E-state index in [2.05, 4.69) is 15.0 Å². The number of H-pyrrole nitrogens is 1. The molecule has 0 aliphatic heterocycles. The van der Waals surface area contributed by atoms with E-state index >= 15 is 0 Å². The summed E-state index contributed by atoms with van der Waals surface area (Å²) in [6.07, 6.45) is 1.97. The minimum absolute atomic E-state index is 0.0821. The first-order valence-electron chi connectivity index (χ1n) is 13.0. The predicted octanol–water partition coefficient (Wildman–Crippen LogP) is 3.28. The fourth-order valence-corrected chi connectivity index (χ4v) is 5.88. The van der Waals surface area contributed by atoms with Crippen molar-refractivity contribution in [2.45, 2.75) is 24.3 Å². The Hall–Kier alpha value is -5.10. The van der Waals surface area contributed by atoms with Crippen molar-refractivity contribution in [2.75, 3.05) is 11.8 Å². The number of hydrogen-bond acceptors (Lipinski definition) is 6. The number of rotatable bonds is 9. The molecule has 216 valence electrons. The molecule has 5 aromatic rings. The van der Waals surface area contributed by atoms with Crippen LogP contribution in [0.15, 0.2) is 94.7 Å². The Morgan fingerprint density at radius 2 is 1.64 bits per heavy atom. The van der Waals surface area contributed by atoms with Crippen molar-refractivity contribution in [3.63, 3.8) is 0 Å². The predicted molar refractivity (Wildman–Crippen MR) is 158 cm³/mol. The van der Waals surface area contributed by atoms with Crippen LogP contribution in [-0.2, 0) is 33.0 Å². The Balaban J connectivity index is 1.34. The zero-order valence-corrected chi connectivity index (χ0v) is 23.9. The van der Waals surface area contributed by atoms with E-state index in [4.69, 9.17) is 4.74 Å². The van der Waals surface area contributed by atoms with Crippen LogP contribution in [0.1, 0.15) is 21.6 Å². The second-order valence-corrected chi connectivity index (χ2v) is 11.4. The second kappa shape index (κ2) is 11.4. The fourth-order valence-electron chi connectivity index (χ4n) is 4.76. The van der Waals surface area contributed by atoms with E-state index in [-0.39, 0.29) is 22.6 Å². The summed E-state index contributed by atoms with van der Waals surface area (Å²) in [5.74, 6) is -1.19. The van der Waals surface area contributed by atoms with Crippen molar-refractivity contribution in [2.24, 2.45) is 7.05 Å². The molecule has 3 aromatic carbocycles. The minimum atomic E-state index is -4.17. The van der Waals surface area contributed by atoms with Crippen LogP contribution in [0.25, 0.3) is 16.6 Å². The molecule has 0 aliphatic carbocycles. The quantitative estimate of drug-likeness (QED) is 0.226. The van der Waals surface area contributed by atoms with Gasteiger partial charge in [-0.15, -0.1) is 0 Å². The number of sulfonamides is 1. The molecule has 5 rings (SSSR count). The van der Waals surface area contributed by atoms with Crippen LogP contribution in [-0.4, -0.2) is 47.8 Å². The number of anilines is 1. The van der Waals surface area contributed by atoms with Crippen LogP contribution < -0.4 is 15.6 Å². The molecule has 0 saturated heterocycles. The van der Waals surface area contributed by atoms with Crippen molar-refractivity contribution >= 4 is 38.5 Å². The number of nitrogens with one attached hydrogen (secondary N) is 3. The van der Waals surface area contributed by atoms with E-state index in [1.165, 1.54) is 36.1 Å². The van der Waals surface area contributed by atoms with Crippen LogP contribution >= 0.6 is 0 Å². The maximum Gasteiger partial charge on any atom is 0.328 e. The molecule has 0 unspecified atom stereocenters. The van der Waals surface area contributed by atoms with Crippen LogP contribution in [0.5, 0.6) is 0 Å². The van der Waals surface area contributed by atoms with Gasteiger partial charge in [0.2, 0.25) is 0 Å². The lowest BCUT2D eigenvalue weighted by atomic mass is 10.0. The molecule has 0 bridgehead atoms.